The molecular weight excluding hydrogens is 388 g/mol. The zero-order valence-electron chi connectivity index (χ0n) is 17.1. The third-order valence-corrected chi connectivity index (χ3v) is 5.87. The highest BCUT2D eigenvalue weighted by Crippen LogP contribution is 2.39. The molecule has 0 saturated carbocycles. The summed E-state index contributed by atoms with van der Waals surface area (Å²) in [5, 5.41) is 12.0. The summed E-state index contributed by atoms with van der Waals surface area (Å²) in [6, 6.07) is 8.08. The number of rotatable bonds is 10. The summed E-state index contributed by atoms with van der Waals surface area (Å²) in [5.41, 5.74) is 1.94. The SMILES string of the molecule is COc1cccc(-c2nc(CN(CCC#N)CCN3CCOCC3)cs2)c1OC. The maximum atomic E-state index is 9.02. The van der Waals surface area contributed by atoms with Gasteiger partial charge in [-0.15, -0.1) is 11.3 Å². The number of para-hydroxylation sites is 1. The fraction of sp³-hybridized carbons (Fsp3) is 0.524. The van der Waals surface area contributed by atoms with Crippen LogP contribution in [0.4, 0.5) is 0 Å². The monoisotopic (exact) mass is 416 g/mol. The molecule has 3 rings (SSSR count). The maximum Gasteiger partial charge on any atom is 0.170 e. The molecule has 7 nitrogen and oxygen atoms in total. The first-order valence-corrected chi connectivity index (χ1v) is 10.7. The fourth-order valence-electron chi connectivity index (χ4n) is 3.37. The maximum absolute atomic E-state index is 9.02. The molecule has 0 radical (unpaired) electrons. The summed E-state index contributed by atoms with van der Waals surface area (Å²) in [6.07, 6.45) is 0.518. The van der Waals surface area contributed by atoms with Crippen molar-refractivity contribution in [1.82, 2.24) is 14.8 Å². The topological polar surface area (TPSA) is 70.9 Å². The van der Waals surface area contributed by atoms with Crippen molar-refractivity contribution in [1.29, 1.82) is 5.26 Å². The molecule has 0 atom stereocenters. The van der Waals surface area contributed by atoms with Gasteiger partial charge in [-0.1, -0.05) is 6.07 Å². The van der Waals surface area contributed by atoms with E-state index < -0.39 is 0 Å². The molecule has 8 heteroatoms. The molecule has 1 fully saturated rings. The minimum Gasteiger partial charge on any atom is -0.493 e. The standard InChI is InChI=1S/C21H28N4O3S/c1-26-19-6-3-5-18(20(19)27-2)21-23-17(16-29-21)15-25(8-4-7-22)10-9-24-11-13-28-14-12-24/h3,5-6,16H,4,8-15H2,1-2H3. The number of hydrogen-bond donors (Lipinski definition) is 0. The van der Waals surface area contributed by atoms with Crippen molar-refractivity contribution in [3.63, 3.8) is 0 Å². The second-order valence-electron chi connectivity index (χ2n) is 6.82. The van der Waals surface area contributed by atoms with Crippen molar-refractivity contribution in [3.05, 3.63) is 29.3 Å². The molecule has 0 aliphatic carbocycles. The van der Waals surface area contributed by atoms with Crippen molar-refractivity contribution in [3.8, 4) is 28.1 Å². The summed E-state index contributed by atoms with van der Waals surface area (Å²) in [6.45, 7) is 6.93. The normalized spacial score (nSPS) is 14.7. The van der Waals surface area contributed by atoms with E-state index in [0.717, 1.165) is 68.7 Å². The van der Waals surface area contributed by atoms with Gasteiger partial charge in [-0.2, -0.15) is 5.26 Å². The first-order chi connectivity index (χ1) is 14.2. The summed E-state index contributed by atoms with van der Waals surface area (Å²) >= 11 is 1.60. The van der Waals surface area contributed by atoms with Gasteiger partial charge in [0.2, 0.25) is 0 Å². The van der Waals surface area contributed by atoms with Gasteiger partial charge in [0.05, 0.1) is 44.8 Å². The van der Waals surface area contributed by atoms with Crippen molar-refractivity contribution < 1.29 is 14.2 Å². The number of hydrogen-bond acceptors (Lipinski definition) is 8. The Morgan fingerprint density at radius 1 is 1.24 bits per heavy atom. The molecule has 2 heterocycles. The minimum atomic E-state index is 0.518. The van der Waals surface area contributed by atoms with Crippen LogP contribution in [0.3, 0.4) is 0 Å². The van der Waals surface area contributed by atoms with Gasteiger partial charge in [0.15, 0.2) is 11.5 Å². The van der Waals surface area contributed by atoms with E-state index in [1.807, 2.05) is 18.2 Å². The lowest BCUT2D eigenvalue weighted by Gasteiger charge is -2.29. The van der Waals surface area contributed by atoms with E-state index in [2.05, 4.69) is 21.2 Å². The molecule has 1 aromatic heterocycles. The number of thiazole rings is 1. The van der Waals surface area contributed by atoms with Gasteiger partial charge in [-0.3, -0.25) is 9.80 Å². The molecule has 2 aromatic rings. The van der Waals surface area contributed by atoms with E-state index in [4.69, 9.17) is 24.5 Å². The Balaban J connectivity index is 1.68. The number of nitriles is 1. The molecule has 29 heavy (non-hydrogen) atoms. The molecule has 0 bridgehead atoms. The molecule has 1 aliphatic rings. The quantitative estimate of drug-likeness (QED) is 0.590. The van der Waals surface area contributed by atoms with Gasteiger partial charge in [-0.05, 0) is 12.1 Å². The summed E-state index contributed by atoms with van der Waals surface area (Å²) in [5.74, 6) is 1.40. The number of aromatic nitrogens is 1. The van der Waals surface area contributed by atoms with Crippen LogP contribution in [0.2, 0.25) is 0 Å². The Bertz CT molecular complexity index is 814. The van der Waals surface area contributed by atoms with Crippen LogP contribution >= 0.6 is 11.3 Å². The Labute approximate surface area is 176 Å². The van der Waals surface area contributed by atoms with Crippen LogP contribution in [0.1, 0.15) is 12.1 Å². The predicted octanol–water partition coefficient (Wildman–Crippen LogP) is 2.88. The fourth-order valence-corrected chi connectivity index (χ4v) is 4.21. The van der Waals surface area contributed by atoms with E-state index in [9.17, 15) is 0 Å². The lowest BCUT2D eigenvalue weighted by Crippen LogP contribution is -2.41. The van der Waals surface area contributed by atoms with Crippen molar-refractivity contribution in [2.24, 2.45) is 0 Å². The largest absolute Gasteiger partial charge is 0.493 e. The Morgan fingerprint density at radius 3 is 2.79 bits per heavy atom. The van der Waals surface area contributed by atoms with Crippen molar-refractivity contribution >= 4 is 11.3 Å². The smallest absolute Gasteiger partial charge is 0.170 e. The molecule has 0 amide bonds. The number of ether oxygens (including phenoxy) is 3. The zero-order chi connectivity index (χ0) is 20.5. The van der Waals surface area contributed by atoms with Gasteiger partial charge < -0.3 is 14.2 Å². The van der Waals surface area contributed by atoms with Crippen molar-refractivity contribution in [2.45, 2.75) is 13.0 Å². The van der Waals surface area contributed by atoms with E-state index in [0.29, 0.717) is 17.9 Å². The van der Waals surface area contributed by atoms with Crippen LogP contribution in [-0.4, -0.2) is 74.9 Å². The zero-order valence-corrected chi connectivity index (χ0v) is 17.9. The van der Waals surface area contributed by atoms with E-state index in [1.165, 1.54) is 0 Å². The molecule has 1 saturated heterocycles. The highest BCUT2D eigenvalue weighted by Gasteiger charge is 2.17. The Morgan fingerprint density at radius 2 is 2.07 bits per heavy atom. The molecule has 0 N–H and O–H groups in total. The van der Waals surface area contributed by atoms with Gasteiger partial charge >= 0.3 is 0 Å². The lowest BCUT2D eigenvalue weighted by molar-refractivity contribution is 0.0330. The van der Waals surface area contributed by atoms with Crippen LogP contribution < -0.4 is 9.47 Å². The summed E-state index contributed by atoms with van der Waals surface area (Å²) in [4.78, 5) is 9.55. The number of benzene rings is 1. The van der Waals surface area contributed by atoms with Crippen LogP contribution in [0.5, 0.6) is 11.5 Å². The Kier molecular flexibility index (Phi) is 8.25. The van der Waals surface area contributed by atoms with Gasteiger partial charge in [0.1, 0.15) is 5.01 Å². The van der Waals surface area contributed by atoms with Crippen molar-refractivity contribution in [2.75, 3.05) is 60.2 Å². The average molecular weight is 417 g/mol. The van der Waals surface area contributed by atoms with Gasteiger partial charge in [-0.25, -0.2) is 4.98 Å². The lowest BCUT2D eigenvalue weighted by atomic mass is 10.2. The molecule has 0 spiro atoms. The Hall–Kier alpha value is -2.18. The third kappa shape index (κ3) is 5.90. The molecule has 0 unspecified atom stereocenters. The molecule has 156 valence electrons. The van der Waals surface area contributed by atoms with Gasteiger partial charge in [0.25, 0.3) is 0 Å². The highest BCUT2D eigenvalue weighted by atomic mass is 32.1. The molecule has 1 aromatic carbocycles. The van der Waals surface area contributed by atoms with Crippen LogP contribution in [0.15, 0.2) is 23.6 Å². The first-order valence-electron chi connectivity index (χ1n) is 9.80. The third-order valence-electron chi connectivity index (χ3n) is 4.95. The van der Waals surface area contributed by atoms with Crippen LogP contribution in [0.25, 0.3) is 10.6 Å². The number of nitrogens with zero attached hydrogens (tertiary/aromatic N) is 4. The predicted molar refractivity (Wildman–Crippen MR) is 113 cm³/mol. The van der Waals surface area contributed by atoms with E-state index >= 15 is 0 Å². The van der Waals surface area contributed by atoms with Gasteiger partial charge in [0, 0.05) is 51.1 Å². The minimum absolute atomic E-state index is 0.518. The summed E-state index contributed by atoms with van der Waals surface area (Å²) < 4.78 is 16.4. The highest BCUT2D eigenvalue weighted by molar-refractivity contribution is 7.13. The number of methoxy groups -OCH3 is 2. The van der Waals surface area contributed by atoms with E-state index in [1.54, 1.807) is 25.6 Å². The van der Waals surface area contributed by atoms with Crippen LogP contribution in [-0.2, 0) is 11.3 Å². The van der Waals surface area contributed by atoms with E-state index in [-0.39, 0.29) is 0 Å². The second kappa shape index (κ2) is 11.1. The summed E-state index contributed by atoms with van der Waals surface area (Å²) in [7, 11) is 3.28. The van der Waals surface area contributed by atoms with Crippen LogP contribution in [0, 0.1) is 11.3 Å². The second-order valence-corrected chi connectivity index (χ2v) is 7.68. The number of morpholine rings is 1. The molecule has 1 aliphatic heterocycles. The molecular formula is C21H28N4O3S. The average Bonchev–Trinajstić information content (AvgIpc) is 3.24. The first kappa shape index (κ1) is 21.5.